The Morgan fingerprint density at radius 2 is 1.89 bits per heavy atom. The first-order valence-corrected chi connectivity index (χ1v) is 13.6. The largest absolute Gasteiger partial charge is 0.347 e. The lowest BCUT2D eigenvalue weighted by atomic mass is 9.72. The Labute approximate surface area is 222 Å². The number of anilines is 1. The number of amides is 1. The number of nitrogens with one attached hydrogen (secondary N) is 1. The molecule has 0 saturated carbocycles. The number of thiophene rings is 1. The van der Waals surface area contributed by atoms with Crippen LogP contribution in [0.15, 0.2) is 53.5 Å². The van der Waals surface area contributed by atoms with Crippen molar-refractivity contribution in [3.63, 3.8) is 0 Å². The molecule has 2 aromatic heterocycles. The van der Waals surface area contributed by atoms with E-state index in [1.54, 1.807) is 23.5 Å². The first-order chi connectivity index (χ1) is 17.1. The second-order valence-corrected chi connectivity index (χ2v) is 12.3. The van der Waals surface area contributed by atoms with Crippen molar-refractivity contribution in [2.24, 2.45) is 23.4 Å². The topological polar surface area (TPSA) is 46.4 Å². The molecule has 1 amide bonds. The maximum absolute atomic E-state index is 13.6. The third-order valence-electron chi connectivity index (χ3n) is 7.56. The molecule has 2 heterocycles. The highest BCUT2D eigenvalue weighted by Gasteiger charge is 2.33. The van der Waals surface area contributed by atoms with Gasteiger partial charge in [-0.05, 0) is 73.4 Å². The third-order valence-corrected chi connectivity index (χ3v) is 8.97. The number of hydrogen-bond donors (Lipinski definition) is 1. The first kappa shape index (κ1) is 24.8. The second-order valence-electron chi connectivity index (χ2n) is 10.8. The van der Waals surface area contributed by atoms with Gasteiger partial charge in [0, 0.05) is 51.0 Å². The van der Waals surface area contributed by atoms with Gasteiger partial charge in [-0.25, -0.2) is 4.99 Å². The lowest BCUT2D eigenvalue weighted by molar-refractivity contribution is 0.102. The van der Waals surface area contributed by atoms with Crippen LogP contribution in [0.3, 0.4) is 0 Å². The zero-order valence-corrected chi connectivity index (χ0v) is 23.1. The normalized spacial score (nSPS) is 16.0. The summed E-state index contributed by atoms with van der Waals surface area (Å²) in [5.74, 6) is 0.485. The SMILES string of the molecule is Cc1c(C=Nc2sc3c(c2C(=O)Nc2ccc(Cl)cc2)CC[C@@H](C(C)(C)C)C3)c2ccccc2n1C. The zero-order chi connectivity index (χ0) is 25.6. The molecule has 0 saturated heterocycles. The zero-order valence-electron chi connectivity index (χ0n) is 21.5. The first-order valence-electron chi connectivity index (χ1n) is 12.4. The van der Waals surface area contributed by atoms with Crippen LogP contribution in [0.1, 0.15) is 59.2 Å². The van der Waals surface area contributed by atoms with Gasteiger partial charge in [0.05, 0.1) is 5.56 Å². The molecule has 0 fully saturated rings. The van der Waals surface area contributed by atoms with Crippen LogP contribution >= 0.6 is 22.9 Å². The molecule has 36 heavy (non-hydrogen) atoms. The summed E-state index contributed by atoms with van der Waals surface area (Å²) in [5, 5.41) is 5.68. The van der Waals surface area contributed by atoms with Crippen LogP contribution in [0.5, 0.6) is 0 Å². The van der Waals surface area contributed by atoms with Crippen molar-refractivity contribution in [1.29, 1.82) is 0 Å². The van der Waals surface area contributed by atoms with Crippen molar-refractivity contribution in [1.82, 2.24) is 4.57 Å². The highest BCUT2D eigenvalue weighted by molar-refractivity contribution is 7.16. The van der Waals surface area contributed by atoms with Crippen LogP contribution in [0, 0.1) is 18.3 Å². The van der Waals surface area contributed by atoms with Crippen molar-refractivity contribution in [2.45, 2.75) is 47.0 Å². The number of aromatic nitrogens is 1. The quantitative estimate of drug-likeness (QED) is 0.271. The number of rotatable bonds is 4. The van der Waals surface area contributed by atoms with Crippen molar-refractivity contribution in [3.05, 3.63) is 80.8 Å². The van der Waals surface area contributed by atoms with E-state index in [1.165, 1.54) is 15.8 Å². The molecule has 186 valence electrons. The molecule has 5 rings (SSSR count). The Balaban J connectivity index is 1.56. The van der Waals surface area contributed by atoms with Crippen LogP contribution in [-0.4, -0.2) is 16.7 Å². The fourth-order valence-electron chi connectivity index (χ4n) is 5.20. The number of para-hydroxylation sites is 1. The van der Waals surface area contributed by atoms with Gasteiger partial charge in [-0.2, -0.15) is 0 Å². The van der Waals surface area contributed by atoms with Crippen LogP contribution in [0.4, 0.5) is 10.7 Å². The van der Waals surface area contributed by atoms with Gasteiger partial charge in [0.15, 0.2) is 0 Å². The lowest BCUT2D eigenvalue weighted by Gasteiger charge is -2.33. The Bertz CT molecular complexity index is 1470. The second kappa shape index (κ2) is 9.53. The number of nitrogens with zero attached hydrogens (tertiary/aromatic N) is 2. The summed E-state index contributed by atoms with van der Waals surface area (Å²) in [6.07, 6.45) is 4.92. The van der Waals surface area contributed by atoms with E-state index in [0.29, 0.717) is 16.5 Å². The van der Waals surface area contributed by atoms with Gasteiger partial charge < -0.3 is 9.88 Å². The monoisotopic (exact) mass is 517 g/mol. The lowest BCUT2D eigenvalue weighted by Crippen LogP contribution is -2.27. The van der Waals surface area contributed by atoms with E-state index >= 15 is 0 Å². The minimum atomic E-state index is -0.106. The molecule has 1 atom stereocenters. The Morgan fingerprint density at radius 3 is 2.61 bits per heavy atom. The molecule has 0 unspecified atom stereocenters. The summed E-state index contributed by atoms with van der Waals surface area (Å²) in [6.45, 7) is 9.05. The molecule has 4 nitrogen and oxygen atoms in total. The number of carbonyl (C=O) groups is 1. The highest BCUT2D eigenvalue weighted by atomic mass is 35.5. The predicted molar refractivity (Wildman–Crippen MR) is 154 cm³/mol. The number of carbonyl (C=O) groups excluding carboxylic acids is 1. The highest BCUT2D eigenvalue weighted by Crippen LogP contribution is 2.45. The average Bonchev–Trinajstić information content (AvgIpc) is 3.33. The van der Waals surface area contributed by atoms with Gasteiger partial charge in [0.25, 0.3) is 5.91 Å². The molecule has 4 aromatic rings. The summed E-state index contributed by atoms with van der Waals surface area (Å²) in [6, 6.07) is 15.6. The molecular formula is C30H32ClN3OS. The van der Waals surface area contributed by atoms with Crippen LogP contribution in [-0.2, 0) is 19.9 Å². The van der Waals surface area contributed by atoms with Gasteiger partial charge in [-0.15, -0.1) is 11.3 Å². The summed E-state index contributed by atoms with van der Waals surface area (Å²) in [4.78, 5) is 19.9. The minimum absolute atomic E-state index is 0.106. The number of benzene rings is 2. The standard InChI is InChI=1S/C30H32ClN3OS/c1-18-24(22-8-6-7-9-25(22)34(18)5)17-32-29-27(28(35)33-21-13-11-20(31)12-14-21)23-15-10-19(30(2,3)4)16-26(23)36-29/h6-9,11-14,17,19H,10,15-16H2,1-5H3,(H,33,35)/t19-/m1/s1. The minimum Gasteiger partial charge on any atom is -0.347 e. The van der Waals surface area contributed by atoms with Crippen molar-refractivity contribution >= 4 is 56.7 Å². The number of aliphatic imine (C=N–C) groups is 1. The Hall–Kier alpha value is -2.89. The van der Waals surface area contributed by atoms with Crippen LogP contribution < -0.4 is 5.32 Å². The molecule has 0 radical (unpaired) electrons. The van der Waals surface area contributed by atoms with E-state index in [2.05, 4.69) is 68.9 Å². The summed E-state index contributed by atoms with van der Waals surface area (Å²) < 4.78 is 2.19. The summed E-state index contributed by atoms with van der Waals surface area (Å²) in [7, 11) is 2.08. The predicted octanol–water partition coefficient (Wildman–Crippen LogP) is 8.36. The number of fused-ring (bicyclic) bond motifs is 2. The molecule has 1 N–H and O–H groups in total. The van der Waals surface area contributed by atoms with Gasteiger partial charge >= 0.3 is 0 Å². The molecule has 1 aliphatic carbocycles. The van der Waals surface area contributed by atoms with Crippen molar-refractivity contribution in [3.8, 4) is 0 Å². The summed E-state index contributed by atoms with van der Waals surface area (Å²) >= 11 is 7.72. The number of halogens is 1. The van der Waals surface area contributed by atoms with E-state index in [-0.39, 0.29) is 11.3 Å². The molecule has 0 spiro atoms. The van der Waals surface area contributed by atoms with E-state index in [1.807, 2.05) is 18.3 Å². The van der Waals surface area contributed by atoms with Gasteiger partial charge in [-0.1, -0.05) is 50.6 Å². The molecule has 0 bridgehead atoms. The molecule has 0 aliphatic heterocycles. The van der Waals surface area contributed by atoms with Gasteiger partial charge in [0.2, 0.25) is 0 Å². The van der Waals surface area contributed by atoms with E-state index < -0.39 is 0 Å². The fraction of sp³-hybridized carbons (Fsp3) is 0.333. The van der Waals surface area contributed by atoms with Crippen LogP contribution in [0.2, 0.25) is 5.02 Å². The molecular weight excluding hydrogens is 486 g/mol. The Kier molecular flexibility index (Phi) is 6.56. The van der Waals surface area contributed by atoms with Crippen molar-refractivity contribution in [2.75, 3.05) is 5.32 Å². The van der Waals surface area contributed by atoms with Gasteiger partial charge in [0.1, 0.15) is 5.00 Å². The summed E-state index contributed by atoms with van der Waals surface area (Å²) in [5.41, 5.74) is 6.26. The van der Waals surface area contributed by atoms with E-state index in [4.69, 9.17) is 16.6 Å². The van der Waals surface area contributed by atoms with Gasteiger partial charge in [-0.3, -0.25) is 4.79 Å². The average molecular weight is 518 g/mol. The molecule has 6 heteroatoms. The smallest absolute Gasteiger partial charge is 0.259 e. The fourth-order valence-corrected chi connectivity index (χ4v) is 6.59. The third kappa shape index (κ3) is 4.62. The Morgan fingerprint density at radius 1 is 1.17 bits per heavy atom. The number of hydrogen-bond acceptors (Lipinski definition) is 3. The van der Waals surface area contributed by atoms with Crippen molar-refractivity contribution < 1.29 is 4.79 Å². The van der Waals surface area contributed by atoms with E-state index in [9.17, 15) is 4.79 Å². The van der Waals surface area contributed by atoms with E-state index in [0.717, 1.165) is 46.8 Å². The van der Waals surface area contributed by atoms with Crippen LogP contribution in [0.25, 0.3) is 10.9 Å². The molecule has 1 aliphatic rings. The number of aryl methyl sites for hydroxylation is 1. The maximum Gasteiger partial charge on any atom is 0.259 e. The molecule has 2 aromatic carbocycles. The maximum atomic E-state index is 13.6.